The summed E-state index contributed by atoms with van der Waals surface area (Å²) in [5.41, 5.74) is 4.09. The molecule has 1 aromatic carbocycles. The number of imide groups is 1. The Balaban J connectivity index is 1.61. The van der Waals surface area contributed by atoms with E-state index in [0.29, 0.717) is 10.5 Å². The fourth-order valence-electron chi connectivity index (χ4n) is 3.55. The van der Waals surface area contributed by atoms with E-state index in [4.69, 9.17) is 0 Å². The maximum atomic E-state index is 12.9. The molecule has 1 aliphatic heterocycles. The summed E-state index contributed by atoms with van der Waals surface area (Å²) in [4.78, 5) is 41.4. The van der Waals surface area contributed by atoms with Crippen molar-refractivity contribution in [2.45, 2.75) is 20.4 Å². The van der Waals surface area contributed by atoms with E-state index in [1.807, 2.05) is 36.6 Å². The molecule has 156 valence electrons. The van der Waals surface area contributed by atoms with Crippen molar-refractivity contribution >= 4 is 34.7 Å². The molecule has 8 nitrogen and oxygen atoms in total. The molecule has 0 spiro atoms. The van der Waals surface area contributed by atoms with Crippen LogP contribution in [0.2, 0.25) is 0 Å². The molecule has 1 aliphatic rings. The van der Waals surface area contributed by atoms with Crippen LogP contribution >= 0.6 is 11.8 Å². The minimum atomic E-state index is -0.505. The number of hydrogen-bond acceptors (Lipinski definition) is 6. The Kier molecular flexibility index (Phi) is 5.43. The van der Waals surface area contributed by atoms with Crippen LogP contribution in [0.25, 0.3) is 11.8 Å². The molecule has 0 radical (unpaired) electrons. The Morgan fingerprint density at radius 2 is 1.97 bits per heavy atom. The number of carbonyl (C=O) groups excluding carboxylic acids is 2. The lowest BCUT2D eigenvalue weighted by Crippen LogP contribution is -2.27. The van der Waals surface area contributed by atoms with E-state index in [1.54, 1.807) is 24.5 Å². The molecule has 0 atom stereocenters. The maximum absolute atomic E-state index is 12.9. The molecule has 3 aromatic rings. The van der Waals surface area contributed by atoms with Crippen LogP contribution in [0, 0.1) is 24.0 Å². The quantitative estimate of drug-likeness (QED) is 0.330. The molecule has 2 aromatic heterocycles. The largest absolute Gasteiger partial charge is 0.316 e. The molecule has 9 heteroatoms. The number of aryl methyl sites for hydroxylation is 1. The molecule has 0 bridgehead atoms. The zero-order valence-corrected chi connectivity index (χ0v) is 17.6. The summed E-state index contributed by atoms with van der Waals surface area (Å²) in [6, 6.07) is 11.7. The highest BCUT2D eigenvalue weighted by Gasteiger charge is 2.35. The van der Waals surface area contributed by atoms with Crippen molar-refractivity contribution in [1.29, 1.82) is 0 Å². The fourth-order valence-corrected chi connectivity index (χ4v) is 4.37. The van der Waals surface area contributed by atoms with Crippen LogP contribution < -0.4 is 0 Å². The molecule has 0 saturated carbocycles. The second-order valence-corrected chi connectivity index (χ2v) is 8.06. The normalized spacial score (nSPS) is 15.2. The van der Waals surface area contributed by atoms with Crippen molar-refractivity contribution in [3.8, 4) is 5.69 Å². The van der Waals surface area contributed by atoms with Crippen LogP contribution in [-0.2, 0) is 11.3 Å². The van der Waals surface area contributed by atoms with Crippen molar-refractivity contribution in [3.05, 3.63) is 92.4 Å². The fraction of sp³-hybridized carbons (Fsp3) is 0.136. The van der Waals surface area contributed by atoms with Gasteiger partial charge in [0, 0.05) is 29.7 Å². The summed E-state index contributed by atoms with van der Waals surface area (Å²) >= 11 is 0.869. The molecular formula is C22H18N4O4S. The van der Waals surface area contributed by atoms with E-state index in [2.05, 4.69) is 4.98 Å². The molecule has 0 N–H and O–H groups in total. The topological polar surface area (TPSA) is 98.3 Å². The first-order valence-electron chi connectivity index (χ1n) is 9.43. The highest BCUT2D eigenvalue weighted by Crippen LogP contribution is 2.35. The molecule has 1 fully saturated rings. The maximum Gasteiger partial charge on any atom is 0.293 e. The van der Waals surface area contributed by atoms with Gasteiger partial charge in [0.05, 0.1) is 28.3 Å². The Hall–Kier alpha value is -3.72. The van der Waals surface area contributed by atoms with E-state index in [1.165, 1.54) is 18.2 Å². The molecule has 1 saturated heterocycles. The van der Waals surface area contributed by atoms with Gasteiger partial charge in [0.2, 0.25) is 0 Å². The minimum absolute atomic E-state index is 0.0155. The first kappa shape index (κ1) is 20.5. The summed E-state index contributed by atoms with van der Waals surface area (Å²) in [6.45, 7) is 3.89. The zero-order chi connectivity index (χ0) is 22.1. The molecule has 2 amide bonds. The minimum Gasteiger partial charge on any atom is -0.316 e. The van der Waals surface area contributed by atoms with E-state index < -0.39 is 16.1 Å². The van der Waals surface area contributed by atoms with E-state index >= 15 is 0 Å². The first-order valence-corrected chi connectivity index (χ1v) is 10.2. The van der Waals surface area contributed by atoms with Crippen LogP contribution in [0.3, 0.4) is 0 Å². The van der Waals surface area contributed by atoms with Crippen LogP contribution in [-0.4, -0.2) is 30.5 Å². The van der Waals surface area contributed by atoms with E-state index in [-0.39, 0.29) is 12.2 Å². The standard InChI is InChI=1S/C22H18N4O4S/c1-14-9-17(15(2)25(14)19-7-4-8-23-12-19)11-20-21(27)24(22(28)31-20)13-16-5-3-6-18(10-16)26(29)30/h3-12H,13H2,1-2H3/b20-11+. The van der Waals surface area contributed by atoms with Gasteiger partial charge >= 0.3 is 0 Å². The molecule has 4 rings (SSSR count). The monoisotopic (exact) mass is 434 g/mol. The Morgan fingerprint density at radius 1 is 1.16 bits per heavy atom. The predicted molar refractivity (Wildman–Crippen MR) is 118 cm³/mol. The third-order valence-electron chi connectivity index (χ3n) is 5.00. The summed E-state index contributed by atoms with van der Waals surface area (Å²) < 4.78 is 2.03. The lowest BCUT2D eigenvalue weighted by atomic mass is 10.2. The number of nitrogens with zero attached hydrogens (tertiary/aromatic N) is 4. The third kappa shape index (κ3) is 3.99. The number of nitro benzene ring substituents is 1. The Bertz CT molecular complexity index is 1230. The van der Waals surface area contributed by atoms with Gasteiger partial charge in [0.25, 0.3) is 16.8 Å². The van der Waals surface area contributed by atoms with Gasteiger partial charge in [-0.15, -0.1) is 0 Å². The van der Waals surface area contributed by atoms with Gasteiger partial charge in [-0.2, -0.15) is 0 Å². The second-order valence-electron chi connectivity index (χ2n) is 7.07. The Morgan fingerprint density at radius 3 is 2.68 bits per heavy atom. The van der Waals surface area contributed by atoms with Crippen LogP contribution in [0.5, 0.6) is 0 Å². The van der Waals surface area contributed by atoms with Crippen molar-refractivity contribution in [3.63, 3.8) is 0 Å². The summed E-state index contributed by atoms with van der Waals surface area (Å²) in [5.74, 6) is -0.410. The zero-order valence-electron chi connectivity index (χ0n) is 16.8. The van der Waals surface area contributed by atoms with Crippen molar-refractivity contribution in [2.24, 2.45) is 0 Å². The number of pyridine rings is 1. The smallest absolute Gasteiger partial charge is 0.293 e. The molecular weight excluding hydrogens is 416 g/mol. The van der Waals surface area contributed by atoms with Gasteiger partial charge in [0.1, 0.15) is 0 Å². The second kappa shape index (κ2) is 8.19. The summed E-state index contributed by atoms with van der Waals surface area (Å²) in [6.07, 6.45) is 5.18. The van der Waals surface area contributed by atoms with Crippen molar-refractivity contribution in [1.82, 2.24) is 14.5 Å². The van der Waals surface area contributed by atoms with Gasteiger partial charge in [-0.3, -0.25) is 29.6 Å². The van der Waals surface area contributed by atoms with Gasteiger partial charge in [0.15, 0.2) is 0 Å². The highest BCUT2D eigenvalue weighted by atomic mass is 32.2. The van der Waals surface area contributed by atoms with Crippen LogP contribution in [0.1, 0.15) is 22.5 Å². The molecule has 31 heavy (non-hydrogen) atoms. The van der Waals surface area contributed by atoms with Gasteiger partial charge in [-0.1, -0.05) is 12.1 Å². The third-order valence-corrected chi connectivity index (χ3v) is 5.90. The van der Waals surface area contributed by atoms with Crippen molar-refractivity contribution < 1.29 is 14.5 Å². The van der Waals surface area contributed by atoms with E-state index in [9.17, 15) is 19.7 Å². The Labute approximate surface area is 182 Å². The number of carbonyl (C=O) groups is 2. The summed E-state index contributed by atoms with van der Waals surface area (Å²) in [5, 5.41) is 10.6. The molecule has 0 aliphatic carbocycles. The number of non-ortho nitro benzene ring substituents is 1. The van der Waals surface area contributed by atoms with Crippen molar-refractivity contribution in [2.75, 3.05) is 0 Å². The SMILES string of the molecule is Cc1cc(/C=C2/SC(=O)N(Cc3cccc([N+](=O)[O-])c3)C2=O)c(C)n1-c1cccnc1. The lowest BCUT2D eigenvalue weighted by molar-refractivity contribution is -0.384. The lowest BCUT2D eigenvalue weighted by Gasteiger charge is -2.12. The number of hydrogen-bond donors (Lipinski definition) is 0. The van der Waals surface area contributed by atoms with Crippen LogP contribution in [0.15, 0.2) is 59.8 Å². The first-order chi connectivity index (χ1) is 14.8. The van der Waals surface area contributed by atoms with Gasteiger partial charge in [-0.05, 0) is 61.0 Å². The average Bonchev–Trinajstić information content (AvgIpc) is 3.18. The summed E-state index contributed by atoms with van der Waals surface area (Å²) in [7, 11) is 0. The number of rotatable bonds is 5. The number of amides is 2. The number of thioether (sulfide) groups is 1. The number of aromatic nitrogens is 2. The average molecular weight is 434 g/mol. The van der Waals surface area contributed by atoms with Crippen LogP contribution in [0.4, 0.5) is 10.5 Å². The van der Waals surface area contributed by atoms with Gasteiger partial charge < -0.3 is 4.57 Å². The number of benzene rings is 1. The molecule has 0 unspecified atom stereocenters. The predicted octanol–water partition coefficient (Wildman–Crippen LogP) is 4.63. The van der Waals surface area contributed by atoms with Gasteiger partial charge in [-0.25, -0.2) is 0 Å². The highest BCUT2D eigenvalue weighted by molar-refractivity contribution is 8.18. The van der Waals surface area contributed by atoms with E-state index in [0.717, 1.165) is 39.3 Å². The number of nitro groups is 1. The molecule has 3 heterocycles.